The number of para-hydroxylation sites is 1. The minimum atomic E-state index is -0.620. The molecule has 1 atom stereocenters. The van der Waals surface area contributed by atoms with Crippen LogP contribution in [-0.2, 0) is 4.74 Å². The molecule has 8 heteroatoms. The van der Waals surface area contributed by atoms with Gasteiger partial charge in [-0.3, -0.25) is 9.20 Å². The number of thioether (sulfide) groups is 1. The van der Waals surface area contributed by atoms with Crippen LogP contribution in [0.5, 0.6) is 0 Å². The zero-order valence-corrected chi connectivity index (χ0v) is 18.7. The predicted molar refractivity (Wildman–Crippen MR) is 123 cm³/mol. The van der Waals surface area contributed by atoms with E-state index >= 15 is 0 Å². The summed E-state index contributed by atoms with van der Waals surface area (Å²) in [6.45, 7) is 7.04. The zero-order valence-electron chi connectivity index (χ0n) is 17.9. The maximum Gasteiger partial charge on any atom is 0.267 e. The highest BCUT2D eigenvalue weighted by atomic mass is 32.2. The lowest BCUT2D eigenvalue weighted by molar-refractivity contribution is 0.0364. The van der Waals surface area contributed by atoms with E-state index in [0.717, 1.165) is 16.8 Å². The monoisotopic (exact) mass is 438 g/mol. The lowest BCUT2D eigenvalue weighted by Crippen LogP contribution is -2.22. The minimum Gasteiger partial charge on any atom is -0.390 e. The van der Waals surface area contributed by atoms with Gasteiger partial charge in [0.05, 0.1) is 29.3 Å². The van der Waals surface area contributed by atoms with Crippen LogP contribution in [0.3, 0.4) is 0 Å². The molecule has 2 aromatic heterocycles. The first-order chi connectivity index (χ1) is 15.0. The van der Waals surface area contributed by atoms with Crippen LogP contribution in [-0.4, -0.2) is 49.3 Å². The van der Waals surface area contributed by atoms with E-state index < -0.39 is 6.10 Å². The van der Waals surface area contributed by atoms with Gasteiger partial charge < -0.3 is 9.84 Å². The Morgan fingerprint density at radius 2 is 1.81 bits per heavy atom. The summed E-state index contributed by atoms with van der Waals surface area (Å²) in [6, 6.07) is 15.2. The Kier molecular flexibility index (Phi) is 6.41. The van der Waals surface area contributed by atoms with E-state index in [2.05, 4.69) is 24.0 Å². The third kappa shape index (κ3) is 4.51. The Hall–Kier alpha value is -2.68. The van der Waals surface area contributed by atoms with Crippen molar-refractivity contribution in [1.82, 2.24) is 19.2 Å². The standard InChI is InChI=1S/C23H26N4O3S/c1-15(2)12-30-13-18(28)14-31-23-25-24-22-26(17-10-8-16(3)9-11-17)21(29)19-6-4-5-7-20(19)27(22)23/h4-11,15,18,28H,12-14H2,1-3H3. The molecule has 1 N–H and O–H groups in total. The molecule has 31 heavy (non-hydrogen) atoms. The van der Waals surface area contributed by atoms with Gasteiger partial charge >= 0.3 is 0 Å². The van der Waals surface area contributed by atoms with Crippen molar-refractivity contribution >= 4 is 28.4 Å². The van der Waals surface area contributed by atoms with E-state index in [0.29, 0.717) is 34.6 Å². The van der Waals surface area contributed by atoms with E-state index in [-0.39, 0.29) is 12.2 Å². The van der Waals surface area contributed by atoms with Crippen LogP contribution >= 0.6 is 11.8 Å². The third-order valence-electron chi connectivity index (χ3n) is 4.85. The first-order valence-corrected chi connectivity index (χ1v) is 11.3. The van der Waals surface area contributed by atoms with Crippen LogP contribution in [0.25, 0.3) is 22.4 Å². The lowest BCUT2D eigenvalue weighted by Gasteiger charge is -2.13. The van der Waals surface area contributed by atoms with Crippen molar-refractivity contribution < 1.29 is 9.84 Å². The van der Waals surface area contributed by atoms with Crippen LogP contribution in [0, 0.1) is 12.8 Å². The summed E-state index contributed by atoms with van der Waals surface area (Å²) in [5.41, 5.74) is 2.44. The van der Waals surface area contributed by atoms with Gasteiger partial charge in [0.25, 0.3) is 5.56 Å². The highest BCUT2D eigenvalue weighted by Crippen LogP contribution is 2.24. The second kappa shape index (κ2) is 9.21. The summed E-state index contributed by atoms with van der Waals surface area (Å²) >= 11 is 1.39. The highest BCUT2D eigenvalue weighted by molar-refractivity contribution is 7.99. The molecule has 2 aromatic carbocycles. The summed E-state index contributed by atoms with van der Waals surface area (Å²) in [6.07, 6.45) is -0.620. The predicted octanol–water partition coefficient (Wildman–Crippen LogP) is 3.47. The zero-order chi connectivity index (χ0) is 22.0. The molecular weight excluding hydrogens is 412 g/mol. The fourth-order valence-electron chi connectivity index (χ4n) is 3.36. The molecule has 0 spiro atoms. The van der Waals surface area contributed by atoms with Gasteiger partial charge in [0.15, 0.2) is 5.16 Å². The number of hydrogen-bond acceptors (Lipinski definition) is 6. The van der Waals surface area contributed by atoms with Crippen LogP contribution in [0.4, 0.5) is 0 Å². The normalized spacial score (nSPS) is 12.8. The van der Waals surface area contributed by atoms with Gasteiger partial charge in [0.1, 0.15) is 0 Å². The number of aryl methyl sites for hydroxylation is 1. The average Bonchev–Trinajstić information content (AvgIpc) is 3.17. The van der Waals surface area contributed by atoms with Crippen molar-refractivity contribution in [3.63, 3.8) is 0 Å². The first kappa shape index (κ1) is 21.5. The molecule has 0 amide bonds. The molecule has 0 aliphatic carbocycles. The molecule has 2 heterocycles. The Morgan fingerprint density at radius 1 is 1.06 bits per heavy atom. The Balaban J connectivity index is 1.74. The van der Waals surface area contributed by atoms with Gasteiger partial charge in [-0.1, -0.05) is 55.4 Å². The number of aliphatic hydroxyl groups is 1. The second-order valence-electron chi connectivity index (χ2n) is 8.01. The maximum absolute atomic E-state index is 13.3. The SMILES string of the molecule is Cc1ccc(-n2c(=O)c3ccccc3n3c(SCC(O)COCC(C)C)nnc23)cc1. The van der Waals surface area contributed by atoms with Crippen LogP contribution in [0.1, 0.15) is 19.4 Å². The van der Waals surface area contributed by atoms with Crippen LogP contribution in [0.2, 0.25) is 0 Å². The molecule has 162 valence electrons. The summed E-state index contributed by atoms with van der Waals surface area (Å²) in [4.78, 5) is 13.3. The number of aromatic nitrogens is 4. The average molecular weight is 439 g/mol. The van der Waals surface area contributed by atoms with Gasteiger partial charge in [0, 0.05) is 12.4 Å². The minimum absolute atomic E-state index is 0.141. The topological polar surface area (TPSA) is 81.7 Å². The molecule has 0 bridgehead atoms. The van der Waals surface area contributed by atoms with E-state index in [1.807, 2.05) is 59.9 Å². The van der Waals surface area contributed by atoms with E-state index in [9.17, 15) is 9.90 Å². The van der Waals surface area contributed by atoms with Gasteiger partial charge in [-0.25, -0.2) is 4.57 Å². The number of rotatable bonds is 8. The van der Waals surface area contributed by atoms with Crippen molar-refractivity contribution in [3.8, 4) is 5.69 Å². The molecule has 0 aliphatic heterocycles. The summed E-state index contributed by atoms with van der Waals surface area (Å²) in [7, 11) is 0. The van der Waals surface area contributed by atoms with Gasteiger partial charge in [-0.15, -0.1) is 10.2 Å². The number of fused-ring (bicyclic) bond motifs is 3. The number of nitrogens with zero attached hydrogens (tertiary/aromatic N) is 4. The Labute approximate surface area is 184 Å². The molecule has 1 unspecified atom stereocenters. The molecule has 0 radical (unpaired) electrons. The summed E-state index contributed by atoms with van der Waals surface area (Å²) < 4.78 is 9.00. The van der Waals surface area contributed by atoms with Gasteiger partial charge in [-0.2, -0.15) is 0 Å². The molecule has 7 nitrogen and oxygen atoms in total. The van der Waals surface area contributed by atoms with Gasteiger partial charge in [-0.05, 0) is 37.1 Å². The molecular formula is C23H26N4O3S. The molecule has 0 fully saturated rings. The van der Waals surface area contributed by atoms with E-state index in [1.54, 1.807) is 4.57 Å². The van der Waals surface area contributed by atoms with Crippen LogP contribution in [0.15, 0.2) is 58.5 Å². The lowest BCUT2D eigenvalue weighted by atomic mass is 10.2. The smallest absolute Gasteiger partial charge is 0.267 e. The number of benzene rings is 2. The largest absolute Gasteiger partial charge is 0.390 e. The molecule has 4 rings (SSSR count). The highest BCUT2D eigenvalue weighted by Gasteiger charge is 2.18. The van der Waals surface area contributed by atoms with Crippen molar-refractivity contribution in [2.75, 3.05) is 19.0 Å². The molecule has 0 saturated carbocycles. The molecule has 0 aliphatic rings. The number of ether oxygens (including phenoxy) is 1. The number of aliphatic hydroxyl groups excluding tert-OH is 1. The van der Waals surface area contributed by atoms with Crippen molar-refractivity contribution in [2.45, 2.75) is 32.0 Å². The fraction of sp³-hybridized carbons (Fsp3) is 0.348. The second-order valence-corrected chi connectivity index (χ2v) is 8.99. The third-order valence-corrected chi connectivity index (χ3v) is 5.93. The first-order valence-electron chi connectivity index (χ1n) is 10.3. The molecule has 4 aromatic rings. The van der Waals surface area contributed by atoms with E-state index in [4.69, 9.17) is 4.74 Å². The summed E-state index contributed by atoms with van der Waals surface area (Å²) in [5.74, 6) is 1.28. The quantitative estimate of drug-likeness (QED) is 0.424. The number of hydrogen-bond donors (Lipinski definition) is 1. The Morgan fingerprint density at radius 3 is 2.55 bits per heavy atom. The van der Waals surface area contributed by atoms with E-state index in [1.165, 1.54) is 11.8 Å². The van der Waals surface area contributed by atoms with Crippen molar-refractivity contribution in [2.24, 2.45) is 5.92 Å². The molecule has 0 saturated heterocycles. The van der Waals surface area contributed by atoms with Crippen LogP contribution < -0.4 is 5.56 Å². The Bertz CT molecular complexity index is 1250. The van der Waals surface area contributed by atoms with Crippen molar-refractivity contribution in [1.29, 1.82) is 0 Å². The summed E-state index contributed by atoms with van der Waals surface area (Å²) in [5, 5.41) is 20.2. The van der Waals surface area contributed by atoms with Crippen molar-refractivity contribution in [3.05, 3.63) is 64.4 Å². The van der Waals surface area contributed by atoms with Gasteiger partial charge in [0.2, 0.25) is 5.78 Å². The fourth-order valence-corrected chi connectivity index (χ4v) is 4.20. The maximum atomic E-state index is 13.3.